The number of rotatable bonds is 10. The summed E-state index contributed by atoms with van der Waals surface area (Å²) in [5.74, 6) is 0.280. The molecule has 0 bridgehead atoms. The third kappa shape index (κ3) is 8.83. The van der Waals surface area contributed by atoms with Crippen LogP contribution in [0.1, 0.15) is 44.5 Å². The summed E-state index contributed by atoms with van der Waals surface area (Å²) >= 11 is 12.0. The highest BCUT2D eigenvalue weighted by molar-refractivity contribution is 6.33. The first-order valence-corrected chi connectivity index (χ1v) is 12.0. The fourth-order valence-corrected chi connectivity index (χ4v) is 3.89. The molecule has 2 aromatic rings. The molecule has 1 atom stereocenters. The number of carbonyl (C=O) groups excluding carboxylic acids is 1. The molecule has 1 aliphatic rings. The van der Waals surface area contributed by atoms with E-state index in [0.29, 0.717) is 11.6 Å². The molecule has 1 unspecified atom stereocenters. The fraction of sp³-hybridized carbons (Fsp3) is 0.423. The van der Waals surface area contributed by atoms with Crippen LogP contribution in [-0.4, -0.2) is 55.2 Å². The number of ether oxygens (including phenoxy) is 2. The summed E-state index contributed by atoms with van der Waals surface area (Å²) in [6, 6.07) is 12.5. The summed E-state index contributed by atoms with van der Waals surface area (Å²) in [4.78, 5) is 19.2. The third-order valence-corrected chi connectivity index (χ3v) is 5.96. The second-order valence-electron chi connectivity index (χ2n) is 7.86. The van der Waals surface area contributed by atoms with E-state index in [1.54, 1.807) is 12.1 Å². The van der Waals surface area contributed by atoms with Crippen LogP contribution in [0.5, 0.6) is 5.75 Å². The molecule has 0 saturated carbocycles. The first kappa shape index (κ1) is 28.6. The van der Waals surface area contributed by atoms with Crippen LogP contribution in [0.4, 0.5) is 0 Å². The number of benzene rings is 1. The van der Waals surface area contributed by atoms with Crippen LogP contribution in [0.25, 0.3) is 6.08 Å². The van der Waals surface area contributed by atoms with E-state index in [2.05, 4.69) is 15.2 Å². The maximum atomic E-state index is 12.8. The number of carbonyl (C=O) groups is 1. The van der Waals surface area contributed by atoms with Crippen molar-refractivity contribution in [3.8, 4) is 11.8 Å². The standard InChI is InChI=1S/C25H28Cl2N4O3.CH4/c1-2-3-22(30-25(32)19(17-28)16-23-21(26)8-9-24(27)29-23)18-4-6-20(7-5-18)34-15-12-31-10-13-33-14-11-31;/h4-9,16,22H,2-3,10-15H2,1H3,(H,30,32);1H4/b19-16+;. The number of morpholine rings is 1. The highest BCUT2D eigenvalue weighted by Crippen LogP contribution is 2.23. The predicted molar refractivity (Wildman–Crippen MR) is 140 cm³/mol. The smallest absolute Gasteiger partial charge is 0.262 e. The largest absolute Gasteiger partial charge is 0.492 e. The van der Waals surface area contributed by atoms with Crippen LogP contribution < -0.4 is 10.1 Å². The summed E-state index contributed by atoms with van der Waals surface area (Å²) in [6.07, 6.45) is 2.92. The van der Waals surface area contributed by atoms with Gasteiger partial charge in [-0.05, 0) is 42.3 Å². The Hall–Kier alpha value is -2.63. The van der Waals surface area contributed by atoms with Gasteiger partial charge in [-0.15, -0.1) is 0 Å². The normalized spacial score (nSPS) is 15.0. The quantitative estimate of drug-likeness (QED) is 0.261. The molecule has 7 nitrogen and oxygen atoms in total. The van der Waals surface area contributed by atoms with Crippen LogP contribution in [0.15, 0.2) is 42.0 Å². The molecule has 188 valence electrons. The molecule has 3 rings (SSSR count). The lowest BCUT2D eigenvalue weighted by Gasteiger charge is -2.26. The molecule has 2 heterocycles. The first-order chi connectivity index (χ1) is 16.5. The summed E-state index contributed by atoms with van der Waals surface area (Å²) < 4.78 is 11.2. The van der Waals surface area contributed by atoms with E-state index in [1.807, 2.05) is 37.3 Å². The number of nitrogens with zero attached hydrogens (tertiary/aromatic N) is 3. The Balaban J connectivity index is 0.00000432. The van der Waals surface area contributed by atoms with Gasteiger partial charge in [0.05, 0.1) is 30.0 Å². The van der Waals surface area contributed by atoms with E-state index in [1.165, 1.54) is 6.08 Å². The van der Waals surface area contributed by atoms with E-state index < -0.39 is 5.91 Å². The topological polar surface area (TPSA) is 87.5 Å². The molecule has 1 saturated heterocycles. The third-order valence-electron chi connectivity index (χ3n) is 5.43. The number of aromatic nitrogens is 1. The van der Waals surface area contributed by atoms with Crippen molar-refractivity contribution in [2.75, 3.05) is 39.5 Å². The van der Waals surface area contributed by atoms with Crippen molar-refractivity contribution < 1.29 is 14.3 Å². The zero-order valence-electron chi connectivity index (χ0n) is 19.1. The second-order valence-corrected chi connectivity index (χ2v) is 8.65. The van der Waals surface area contributed by atoms with Gasteiger partial charge >= 0.3 is 0 Å². The average Bonchev–Trinajstić information content (AvgIpc) is 2.85. The van der Waals surface area contributed by atoms with Crippen molar-refractivity contribution in [3.05, 3.63) is 63.4 Å². The van der Waals surface area contributed by atoms with E-state index in [0.717, 1.165) is 57.0 Å². The summed E-state index contributed by atoms with van der Waals surface area (Å²) in [7, 11) is 0. The van der Waals surface area contributed by atoms with Crippen LogP contribution in [0.2, 0.25) is 10.2 Å². The minimum Gasteiger partial charge on any atom is -0.492 e. The average molecular weight is 519 g/mol. The lowest BCUT2D eigenvalue weighted by molar-refractivity contribution is -0.117. The van der Waals surface area contributed by atoms with Gasteiger partial charge in [0, 0.05) is 19.6 Å². The van der Waals surface area contributed by atoms with Crippen LogP contribution in [0.3, 0.4) is 0 Å². The second kappa shape index (κ2) is 14.7. The Labute approximate surface area is 217 Å². The van der Waals surface area contributed by atoms with Crippen LogP contribution in [-0.2, 0) is 9.53 Å². The number of amides is 1. The lowest BCUT2D eigenvalue weighted by atomic mass is 10.0. The molecule has 1 N–H and O–H groups in total. The van der Waals surface area contributed by atoms with Crippen molar-refractivity contribution in [3.63, 3.8) is 0 Å². The van der Waals surface area contributed by atoms with Gasteiger partial charge in [-0.1, -0.05) is 56.1 Å². The van der Waals surface area contributed by atoms with Crippen molar-refractivity contribution in [1.29, 1.82) is 5.26 Å². The monoisotopic (exact) mass is 518 g/mol. The van der Waals surface area contributed by atoms with Gasteiger partial charge in [0.15, 0.2) is 0 Å². The summed E-state index contributed by atoms with van der Waals surface area (Å²) in [6.45, 7) is 6.90. The van der Waals surface area contributed by atoms with Gasteiger partial charge in [-0.25, -0.2) is 4.98 Å². The molecule has 1 fully saturated rings. The van der Waals surface area contributed by atoms with E-state index in [-0.39, 0.29) is 29.9 Å². The molecule has 0 radical (unpaired) electrons. The predicted octanol–water partition coefficient (Wildman–Crippen LogP) is 5.30. The van der Waals surface area contributed by atoms with Crippen LogP contribution in [0, 0.1) is 11.3 Å². The Morgan fingerprint density at radius 1 is 1.26 bits per heavy atom. The van der Waals surface area contributed by atoms with Crippen molar-refractivity contribution in [2.24, 2.45) is 0 Å². The Kier molecular flexibility index (Phi) is 12.0. The zero-order valence-corrected chi connectivity index (χ0v) is 20.6. The van der Waals surface area contributed by atoms with Crippen molar-refractivity contribution in [1.82, 2.24) is 15.2 Å². The number of nitriles is 1. The summed E-state index contributed by atoms with van der Waals surface area (Å²) in [5.41, 5.74) is 1.11. The van der Waals surface area contributed by atoms with Gasteiger partial charge in [0.2, 0.25) is 0 Å². The highest BCUT2D eigenvalue weighted by Gasteiger charge is 2.18. The molecule has 35 heavy (non-hydrogen) atoms. The number of hydrogen-bond acceptors (Lipinski definition) is 6. The molecule has 1 aromatic heterocycles. The van der Waals surface area contributed by atoms with E-state index in [4.69, 9.17) is 32.7 Å². The van der Waals surface area contributed by atoms with Gasteiger partial charge in [0.25, 0.3) is 5.91 Å². The molecule has 1 amide bonds. The zero-order chi connectivity index (χ0) is 24.3. The lowest BCUT2D eigenvalue weighted by Crippen LogP contribution is -2.38. The Morgan fingerprint density at radius 2 is 1.97 bits per heavy atom. The van der Waals surface area contributed by atoms with Crippen LogP contribution >= 0.6 is 23.2 Å². The molecule has 9 heteroatoms. The van der Waals surface area contributed by atoms with Gasteiger partial charge in [-0.3, -0.25) is 9.69 Å². The van der Waals surface area contributed by atoms with Gasteiger partial charge < -0.3 is 14.8 Å². The first-order valence-electron chi connectivity index (χ1n) is 11.3. The molecule has 1 aliphatic heterocycles. The van der Waals surface area contributed by atoms with Crippen molar-refractivity contribution in [2.45, 2.75) is 33.2 Å². The Bertz CT molecular complexity index is 1030. The number of pyridine rings is 1. The Morgan fingerprint density at radius 3 is 2.63 bits per heavy atom. The maximum absolute atomic E-state index is 12.8. The van der Waals surface area contributed by atoms with Gasteiger partial charge in [-0.2, -0.15) is 5.26 Å². The van der Waals surface area contributed by atoms with Gasteiger partial charge in [0.1, 0.15) is 29.2 Å². The maximum Gasteiger partial charge on any atom is 0.262 e. The molecule has 1 aromatic carbocycles. The minimum absolute atomic E-state index is 0. The number of hydrogen-bond donors (Lipinski definition) is 1. The van der Waals surface area contributed by atoms with E-state index >= 15 is 0 Å². The van der Waals surface area contributed by atoms with Crippen molar-refractivity contribution >= 4 is 35.2 Å². The molecular formula is C26H32Cl2N4O3. The molecule has 0 spiro atoms. The SMILES string of the molecule is C.CCCC(NC(=O)/C(C#N)=C/c1nc(Cl)ccc1Cl)c1ccc(OCCN2CCOCC2)cc1. The fourth-order valence-electron chi connectivity index (χ4n) is 3.58. The number of halogens is 2. The molecular weight excluding hydrogens is 487 g/mol. The molecule has 0 aliphatic carbocycles. The van der Waals surface area contributed by atoms with E-state index in [9.17, 15) is 10.1 Å². The number of nitrogens with one attached hydrogen (secondary N) is 1. The highest BCUT2D eigenvalue weighted by atomic mass is 35.5. The minimum atomic E-state index is -0.496. The summed E-state index contributed by atoms with van der Waals surface area (Å²) in [5, 5.41) is 13.0.